The summed E-state index contributed by atoms with van der Waals surface area (Å²) in [6.07, 6.45) is -12.3. The number of nitrogens with one attached hydrogen (secondary N) is 7. The molecule has 6 saturated heterocycles. The van der Waals surface area contributed by atoms with E-state index in [9.17, 15) is 127 Å². The summed E-state index contributed by atoms with van der Waals surface area (Å²) in [6.45, 7) is 0.0288. The van der Waals surface area contributed by atoms with E-state index < -0.39 is 178 Å². The van der Waals surface area contributed by atoms with Crippen molar-refractivity contribution in [3.63, 3.8) is 0 Å². The van der Waals surface area contributed by atoms with Crippen LogP contribution < -0.4 is 84.2 Å². The predicted octanol–water partition coefficient (Wildman–Crippen LogP) is -18.9. The maximum absolute atomic E-state index is 11.8. The molecule has 0 bridgehead atoms. The fourth-order valence-electron chi connectivity index (χ4n) is 6.66. The van der Waals surface area contributed by atoms with E-state index in [-0.39, 0.29) is 117 Å². The molecule has 6 heterocycles. The van der Waals surface area contributed by atoms with Crippen molar-refractivity contribution in [3.8, 4) is 0 Å². The van der Waals surface area contributed by atoms with Crippen LogP contribution in [-0.4, -0.2) is 256 Å². The van der Waals surface area contributed by atoms with E-state index >= 15 is 0 Å². The van der Waals surface area contributed by atoms with Crippen LogP contribution in [0.5, 0.6) is 0 Å². The monoisotopic (exact) mass is 1480 g/mol. The molecule has 12 atom stereocenters. The molecular weight excluding hydrogens is 1420 g/mol. The number of amides is 15. The number of carbonyl (C=O) groups excluding carboxylic acids is 17. The number of rotatable bonds is 15. The Bertz CT molecular complexity index is 2520. The van der Waals surface area contributed by atoms with Gasteiger partial charge in [-0.25, -0.2) is 28.8 Å². The molecule has 6 rings (SSSR count). The van der Waals surface area contributed by atoms with Crippen molar-refractivity contribution in [1.29, 1.82) is 0 Å². The van der Waals surface area contributed by atoms with Crippen LogP contribution >= 0.6 is 7.82 Å². The summed E-state index contributed by atoms with van der Waals surface area (Å²) in [6, 6.07) is -9.92. The maximum atomic E-state index is 11.8. The van der Waals surface area contributed by atoms with Crippen molar-refractivity contribution in [2.75, 3.05) is 34.0 Å². The molecule has 6 aliphatic rings. The molecule has 0 aromatic rings. The number of carbonyl (C=O) groups is 16. The Morgan fingerprint density at radius 2 is 1.07 bits per heavy atom. The molecule has 6 fully saturated rings. The summed E-state index contributed by atoms with van der Waals surface area (Å²) in [4.78, 5) is 207. The van der Waals surface area contributed by atoms with Crippen LogP contribution in [0, 0.1) is 14.9 Å². The molecule has 6 unspecified atom stereocenters. The number of phosphoric acid groups is 1. The molecule has 6 aliphatic heterocycles. The quantitative estimate of drug-likeness (QED) is 0.0238. The van der Waals surface area contributed by atoms with Gasteiger partial charge in [-0.05, 0) is 0 Å². The summed E-state index contributed by atoms with van der Waals surface area (Å²) >= 11 is 0. The number of methoxy groups -OCH3 is 2. The van der Waals surface area contributed by atoms with Gasteiger partial charge in [0.25, 0.3) is 6.47 Å². The molecule has 2 radical (unpaired) electrons. The van der Waals surface area contributed by atoms with E-state index in [4.69, 9.17) is 43.7 Å². The average molecular weight is 1480 g/mol. The number of aliphatic carboxylic acids is 5. The molecule has 0 saturated carbocycles. The Labute approximate surface area is 546 Å². The Hall–Kier alpha value is -8.78. The number of imide groups is 4. The largest absolute Gasteiger partial charge is 0.780 e. The van der Waals surface area contributed by atoms with Crippen molar-refractivity contribution >= 4 is 110 Å². The number of aliphatic hydroxyl groups excluding tert-OH is 4. The Morgan fingerprint density at radius 3 is 1.37 bits per heavy atom. The Kier molecular flexibility index (Phi) is 54.7. The fourth-order valence-corrected chi connectivity index (χ4v) is 6.88. The Balaban J connectivity index is -0.000000156. The van der Waals surface area contributed by atoms with E-state index in [0.29, 0.717) is 4.90 Å². The first kappa shape index (κ1) is 101. The summed E-state index contributed by atoms with van der Waals surface area (Å²) in [7, 11) is -2.40. The third kappa shape index (κ3) is 38.9. The second-order valence-electron chi connectivity index (χ2n) is 16.4. The standard InChI is InChI=1S/C11H16N2O8.C10H16N2O6.C5H8N2O5.2C5H6N2O4.CH4NO5P.CH2O3.CO2.2CH3.2Co.2H2O/c1-20-3-5-7(15)8(16)9(21-5)13-4(10(17)18)2-6(14)12-11(13)19;1-17-4-5-7(14)8(15)9(18-5)12-3-2-6(13)11-10(12)16;6-5(12)7-2(4(10)11)1-3(8)9;2*8-3-1-2(4(9)10)6-5(11)7-3;2-1(3)7-8(4,5)6;2-1-4-3;2-1-3;;;;;;/h4-5,7-9,15-16H,2-3H2,1H3,(H,17,18)(H,12,14,19);5,7-9,14-15H,2-4H2,1H3,(H,11,13,16);2H,1H2,(H,8,9)(H,10,11)(H3,6,7,12);2*2H,1H2,(H,9,10)(H2,6,7,8,11);(H2,2,3)(H2,4,5,6);1,3H;;2*1H3;;;2*1H2/q;;;;;;;;2*-1;;;;/p-7/t4?,5-,7+,8?,9-;5-,7+,8?,9-;;;;;;;;;;;;/m11............/s1. The zero-order chi connectivity index (χ0) is 68.5. The van der Waals surface area contributed by atoms with E-state index in [0.717, 1.165) is 0 Å². The fraction of sp³-hybridized carbons (Fsp3) is 0.537. The maximum Gasteiger partial charge on any atom is 0.407 e. The van der Waals surface area contributed by atoms with Gasteiger partial charge in [0.05, 0.1) is 86.9 Å². The number of carboxylic acids is 5. The first-order chi connectivity index (χ1) is 40.8. The van der Waals surface area contributed by atoms with Crippen molar-refractivity contribution in [2.24, 2.45) is 11.5 Å². The molecule has 20 N–H and O–H groups in total. The van der Waals surface area contributed by atoms with E-state index in [2.05, 4.69) is 26.2 Å². The van der Waals surface area contributed by atoms with Crippen LogP contribution in [0.3, 0.4) is 0 Å². The van der Waals surface area contributed by atoms with Gasteiger partial charge in [-0.15, -0.1) is 0 Å². The van der Waals surface area contributed by atoms with Crippen molar-refractivity contribution < 1.29 is 225 Å². The molecule has 546 valence electrons. The minimum absolute atomic E-state index is 0. The Morgan fingerprint density at radius 1 is 0.691 bits per heavy atom. The molecule has 94 heavy (non-hydrogen) atoms. The number of ether oxygens (including phenoxy) is 4. The molecule has 0 aliphatic carbocycles. The summed E-state index contributed by atoms with van der Waals surface area (Å²) < 4.78 is 32.8. The number of aliphatic hydroxyl groups is 4. The number of hydrogen-bond donors (Lipinski definition) is 14. The topological polar surface area (TPSA) is 848 Å². The third-order valence-corrected chi connectivity index (χ3v) is 10.6. The number of primary amides is 2. The molecule has 50 nitrogen and oxygen atoms in total. The second-order valence-corrected chi connectivity index (χ2v) is 17.5. The van der Waals surface area contributed by atoms with Crippen molar-refractivity contribution in [1.82, 2.24) is 47.0 Å². The number of hydrogen-bond acceptors (Lipinski definition) is 36. The molecule has 0 aromatic carbocycles. The minimum atomic E-state index is -5.20. The number of nitrogens with two attached hydrogens (primary N) is 2. The summed E-state index contributed by atoms with van der Waals surface area (Å²) in [5.74, 6) is -9.95. The van der Waals surface area contributed by atoms with Gasteiger partial charge in [0.2, 0.25) is 23.6 Å². The van der Waals surface area contributed by atoms with Gasteiger partial charge >= 0.3 is 48.4 Å². The average Bonchev–Trinajstić information content (AvgIpc) is 1.59. The van der Waals surface area contributed by atoms with Crippen LogP contribution in [0.2, 0.25) is 0 Å². The van der Waals surface area contributed by atoms with Gasteiger partial charge in [-0.2, -0.15) is 9.59 Å². The first-order valence-corrected chi connectivity index (χ1v) is 24.5. The predicted molar refractivity (Wildman–Crippen MR) is 263 cm³/mol. The van der Waals surface area contributed by atoms with Crippen LogP contribution in [-0.2, 0) is 124 Å². The number of urea groups is 5. The van der Waals surface area contributed by atoms with Gasteiger partial charge < -0.3 is 166 Å². The number of nitrogens with zero attached hydrogens (tertiary/aromatic N) is 2. The van der Waals surface area contributed by atoms with Crippen LogP contribution in [0.1, 0.15) is 32.1 Å². The molecule has 0 spiro atoms. The first-order valence-electron chi connectivity index (χ1n) is 23.1. The van der Waals surface area contributed by atoms with Gasteiger partial charge in [0.15, 0.2) is 12.5 Å². The summed E-state index contributed by atoms with van der Waals surface area (Å²) in [5, 5.41) is 111. The van der Waals surface area contributed by atoms with Gasteiger partial charge in [-0.3, -0.25) is 59.8 Å². The van der Waals surface area contributed by atoms with E-state index in [1.165, 1.54) is 19.1 Å². The summed E-state index contributed by atoms with van der Waals surface area (Å²) in [5.41, 5.74) is 8.72. The van der Waals surface area contributed by atoms with Gasteiger partial charge in [0, 0.05) is 60.7 Å². The molecule has 53 heteroatoms. The number of phosphoric ester groups is 1. The van der Waals surface area contributed by atoms with Crippen LogP contribution in [0.15, 0.2) is 0 Å². The SMILES string of the molecule is COC[C@H]1O[C@@H](N2C(=O)NC(=O)CC2C(=O)[O-])C(O)[C@H]1O.COC[C@H]1O[C@@H](N2CCC(=O)NC2=O)C(O)[C@H]1O.NC(=O)NC(CC(=O)O)C(=O)[O-].NC(=O)OP(=O)([O-])[O-].O.O.O=C1CC(C(=O)[O-])NC(=O)N1.O=C1CC(C(=O)[O-])NC(=O)N1.O=C=O.O=CO[O-].[CH3-].[CH3-].[Co].[Co]. The van der Waals surface area contributed by atoms with Crippen molar-refractivity contribution in [3.05, 3.63) is 14.9 Å². The van der Waals surface area contributed by atoms with E-state index in [1.54, 1.807) is 5.32 Å². The minimum Gasteiger partial charge on any atom is -0.780 e. The van der Waals surface area contributed by atoms with Gasteiger partial charge in [0.1, 0.15) is 44.4 Å². The molecule has 0 aromatic heterocycles. The van der Waals surface area contributed by atoms with Crippen LogP contribution in [0.4, 0.5) is 28.8 Å². The number of carboxylic acid groups (broad SMARTS) is 5. The smallest absolute Gasteiger partial charge is 0.407 e. The van der Waals surface area contributed by atoms with Crippen LogP contribution in [0.25, 0.3) is 0 Å². The zero-order valence-electron chi connectivity index (χ0n) is 48.1. The van der Waals surface area contributed by atoms with Gasteiger partial charge in [-0.1, -0.05) is 0 Å². The third-order valence-electron chi connectivity index (χ3n) is 10.2. The van der Waals surface area contributed by atoms with E-state index in [1.807, 2.05) is 26.6 Å². The zero-order valence-corrected chi connectivity index (χ0v) is 51.1. The molecule has 15 amide bonds. The molecular formula is C41H61Co2N11O39P-9. The normalized spacial score (nSPS) is 23.6. The van der Waals surface area contributed by atoms with Crippen molar-refractivity contribution in [2.45, 2.75) is 105 Å². The second kappa shape index (κ2) is 50.7.